The number of nitrogens with two attached hydrogens (primary N) is 1. The van der Waals surface area contributed by atoms with Gasteiger partial charge < -0.3 is 5.73 Å². The molecule has 0 radical (unpaired) electrons. The zero-order valence-electron chi connectivity index (χ0n) is 11.5. The van der Waals surface area contributed by atoms with Gasteiger partial charge in [0.15, 0.2) is 4.96 Å². The van der Waals surface area contributed by atoms with Crippen molar-refractivity contribution in [3.63, 3.8) is 0 Å². The van der Waals surface area contributed by atoms with E-state index >= 15 is 0 Å². The van der Waals surface area contributed by atoms with Gasteiger partial charge in [-0.05, 0) is 49.9 Å². The third kappa shape index (κ3) is 2.59. The van der Waals surface area contributed by atoms with Crippen LogP contribution < -0.4 is 5.73 Å². The molecule has 6 heteroatoms. The average molecular weight is 304 g/mol. The highest BCUT2D eigenvalue weighted by Gasteiger charge is 2.14. The van der Waals surface area contributed by atoms with Crippen LogP contribution in [0.15, 0.2) is 33.8 Å². The normalized spacial score (nSPS) is 11.3. The Hall–Kier alpha value is -1.37. The van der Waals surface area contributed by atoms with Gasteiger partial charge in [-0.1, -0.05) is 0 Å². The van der Waals surface area contributed by atoms with E-state index in [2.05, 4.69) is 34.6 Å². The summed E-state index contributed by atoms with van der Waals surface area (Å²) in [6.07, 6.45) is 2.88. The SMILES string of the molecule is Cc1cc(C)nc(Sc2nc3sccn3c2CCN)c1. The van der Waals surface area contributed by atoms with Gasteiger partial charge in [0.2, 0.25) is 0 Å². The van der Waals surface area contributed by atoms with E-state index in [0.29, 0.717) is 6.54 Å². The second-order valence-corrected chi connectivity index (χ2v) is 6.57. The lowest BCUT2D eigenvalue weighted by atomic mass is 10.3. The average Bonchev–Trinajstić information content (AvgIpc) is 2.92. The summed E-state index contributed by atoms with van der Waals surface area (Å²) in [7, 11) is 0. The number of hydrogen-bond donors (Lipinski definition) is 1. The van der Waals surface area contributed by atoms with E-state index in [4.69, 9.17) is 10.7 Å². The monoisotopic (exact) mass is 304 g/mol. The zero-order chi connectivity index (χ0) is 14.1. The predicted molar refractivity (Wildman–Crippen MR) is 83.7 cm³/mol. The van der Waals surface area contributed by atoms with E-state index in [0.717, 1.165) is 27.1 Å². The Labute approximate surface area is 126 Å². The summed E-state index contributed by atoms with van der Waals surface area (Å²) in [4.78, 5) is 10.3. The highest BCUT2D eigenvalue weighted by molar-refractivity contribution is 7.99. The number of hydrogen-bond acceptors (Lipinski definition) is 5. The van der Waals surface area contributed by atoms with Gasteiger partial charge in [-0.15, -0.1) is 11.3 Å². The molecule has 3 aromatic rings. The summed E-state index contributed by atoms with van der Waals surface area (Å²) in [5, 5.41) is 4.05. The Balaban J connectivity index is 2.00. The molecule has 0 unspecified atom stereocenters. The van der Waals surface area contributed by atoms with E-state index in [1.54, 1.807) is 23.1 Å². The third-order valence-electron chi connectivity index (χ3n) is 2.98. The molecule has 0 bridgehead atoms. The Morgan fingerprint density at radius 2 is 2.15 bits per heavy atom. The Morgan fingerprint density at radius 1 is 1.30 bits per heavy atom. The highest BCUT2D eigenvalue weighted by atomic mass is 32.2. The predicted octanol–water partition coefficient (Wildman–Crippen LogP) is 3.06. The van der Waals surface area contributed by atoms with Crippen molar-refractivity contribution in [2.75, 3.05) is 6.54 Å². The number of pyridine rings is 1. The van der Waals surface area contributed by atoms with Crippen LogP contribution in [0, 0.1) is 13.8 Å². The van der Waals surface area contributed by atoms with Crippen molar-refractivity contribution in [3.8, 4) is 0 Å². The van der Waals surface area contributed by atoms with Gasteiger partial charge in [0.25, 0.3) is 0 Å². The van der Waals surface area contributed by atoms with Crippen molar-refractivity contribution >= 4 is 28.1 Å². The van der Waals surface area contributed by atoms with Gasteiger partial charge in [-0.2, -0.15) is 0 Å². The molecule has 4 nitrogen and oxygen atoms in total. The summed E-state index contributed by atoms with van der Waals surface area (Å²) in [6.45, 7) is 4.73. The lowest BCUT2D eigenvalue weighted by Gasteiger charge is -2.04. The van der Waals surface area contributed by atoms with Crippen molar-refractivity contribution in [2.24, 2.45) is 5.73 Å². The lowest BCUT2D eigenvalue weighted by molar-refractivity contribution is 0.877. The highest BCUT2D eigenvalue weighted by Crippen LogP contribution is 2.31. The fraction of sp³-hybridized carbons (Fsp3) is 0.286. The minimum Gasteiger partial charge on any atom is -0.330 e. The number of fused-ring (bicyclic) bond motifs is 1. The molecule has 0 atom stereocenters. The molecule has 3 heterocycles. The smallest absolute Gasteiger partial charge is 0.194 e. The van der Waals surface area contributed by atoms with E-state index in [9.17, 15) is 0 Å². The molecule has 0 aliphatic heterocycles. The molecule has 20 heavy (non-hydrogen) atoms. The van der Waals surface area contributed by atoms with Gasteiger partial charge in [0, 0.05) is 23.7 Å². The van der Waals surface area contributed by atoms with Crippen molar-refractivity contribution in [1.82, 2.24) is 14.4 Å². The van der Waals surface area contributed by atoms with Crippen molar-refractivity contribution < 1.29 is 0 Å². The molecule has 0 saturated carbocycles. The first-order chi connectivity index (χ1) is 9.67. The van der Waals surface area contributed by atoms with E-state index in [1.807, 2.05) is 12.3 Å². The molecule has 2 N–H and O–H groups in total. The molecule has 0 fully saturated rings. The van der Waals surface area contributed by atoms with E-state index in [-0.39, 0.29) is 0 Å². The first-order valence-corrected chi connectivity index (χ1v) is 8.14. The van der Waals surface area contributed by atoms with Crippen LogP contribution in [0.5, 0.6) is 0 Å². The van der Waals surface area contributed by atoms with Crippen molar-refractivity contribution in [2.45, 2.75) is 30.3 Å². The molecule has 0 spiro atoms. The van der Waals surface area contributed by atoms with Gasteiger partial charge >= 0.3 is 0 Å². The largest absolute Gasteiger partial charge is 0.330 e. The number of thiazole rings is 1. The topological polar surface area (TPSA) is 56.2 Å². The van der Waals surface area contributed by atoms with E-state index in [1.165, 1.54) is 11.3 Å². The van der Waals surface area contributed by atoms with Crippen LogP contribution in [-0.4, -0.2) is 20.9 Å². The first kappa shape index (κ1) is 13.6. The number of aromatic nitrogens is 3. The minimum atomic E-state index is 0.622. The molecule has 0 saturated heterocycles. The van der Waals surface area contributed by atoms with Crippen LogP contribution in [0.1, 0.15) is 17.0 Å². The summed E-state index contributed by atoms with van der Waals surface area (Å²) in [6, 6.07) is 4.17. The Bertz CT molecular complexity index is 725. The molecule has 104 valence electrons. The summed E-state index contributed by atoms with van der Waals surface area (Å²) < 4.78 is 2.13. The van der Waals surface area contributed by atoms with Crippen LogP contribution in [0.4, 0.5) is 0 Å². The van der Waals surface area contributed by atoms with Crippen LogP contribution >= 0.6 is 23.1 Å². The van der Waals surface area contributed by atoms with Gasteiger partial charge in [0.05, 0.1) is 5.69 Å². The number of imidazole rings is 1. The minimum absolute atomic E-state index is 0.622. The standard InChI is InChI=1S/C14H16N4S2/c1-9-7-10(2)16-12(8-9)20-13-11(3-4-15)18-5-6-19-14(18)17-13/h5-8H,3-4,15H2,1-2H3. The second kappa shape index (κ2) is 5.55. The molecule has 3 aromatic heterocycles. The maximum Gasteiger partial charge on any atom is 0.194 e. The number of aryl methyl sites for hydroxylation is 2. The van der Waals surface area contributed by atoms with Crippen LogP contribution in [0.2, 0.25) is 0 Å². The molecular formula is C14H16N4S2. The van der Waals surface area contributed by atoms with Gasteiger partial charge in [-0.3, -0.25) is 4.40 Å². The quantitative estimate of drug-likeness (QED) is 0.805. The molecule has 0 aliphatic rings. The summed E-state index contributed by atoms with van der Waals surface area (Å²) in [5.74, 6) is 0. The molecule has 0 aromatic carbocycles. The summed E-state index contributed by atoms with van der Waals surface area (Å²) in [5.41, 5.74) is 9.16. The van der Waals surface area contributed by atoms with Gasteiger partial charge in [0.1, 0.15) is 10.1 Å². The van der Waals surface area contributed by atoms with Crippen LogP contribution in [0.25, 0.3) is 4.96 Å². The lowest BCUT2D eigenvalue weighted by Crippen LogP contribution is -2.05. The maximum atomic E-state index is 5.73. The second-order valence-electron chi connectivity index (χ2n) is 4.68. The fourth-order valence-corrected chi connectivity index (χ4v) is 4.09. The Kier molecular flexibility index (Phi) is 3.78. The number of nitrogens with zero attached hydrogens (tertiary/aromatic N) is 3. The van der Waals surface area contributed by atoms with E-state index < -0.39 is 0 Å². The molecule has 3 rings (SSSR count). The fourth-order valence-electron chi connectivity index (χ4n) is 2.21. The zero-order valence-corrected chi connectivity index (χ0v) is 13.1. The van der Waals surface area contributed by atoms with Crippen LogP contribution in [0.3, 0.4) is 0 Å². The molecule has 0 aliphatic carbocycles. The molecular weight excluding hydrogens is 288 g/mol. The third-order valence-corrected chi connectivity index (χ3v) is 4.68. The van der Waals surface area contributed by atoms with Crippen LogP contribution in [-0.2, 0) is 6.42 Å². The Morgan fingerprint density at radius 3 is 2.90 bits per heavy atom. The maximum absolute atomic E-state index is 5.73. The molecule has 0 amide bonds. The first-order valence-electron chi connectivity index (χ1n) is 6.45. The van der Waals surface area contributed by atoms with Gasteiger partial charge in [-0.25, -0.2) is 9.97 Å². The van der Waals surface area contributed by atoms with Crippen molar-refractivity contribution in [1.29, 1.82) is 0 Å². The van der Waals surface area contributed by atoms with Crippen molar-refractivity contribution in [3.05, 3.63) is 40.7 Å². The number of rotatable bonds is 4. The summed E-state index contributed by atoms with van der Waals surface area (Å²) >= 11 is 3.26.